The van der Waals surface area contributed by atoms with Crippen molar-refractivity contribution < 1.29 is 26.7 Å². The number of carbonyl (C=O) groups excluding carboxylic acids is 1. The van der Waals surface area contributed by atoms with Gasteiger partial charge in [-0.3, -0.25) is 0 Å². The van der Waals surface area contributed by atoms with E-state index >= 15 is 4.39 Å². The molecular formula is C19H14F2N4O4S. The third-order valence-corrected chi connectivity index (χ3v) is 5.82. The van der Waals surface area contributed by atoms with Gasteiger partial charge in [-0.1, -0.05) is 12.1 Å². The number of ether oxygens (including phenoxy) is 1. The van der Waals surface area contributed by atoms with E-state index in [9.17, 15) is 22.9 Å². The van der Waals surface area contributed by atoms with E-state index in [1.54, 1.807) is 6.07 Å². The van der Waals surface area contributed by atoms with Crippen molar-refractivity contribution in [2.24, 2.45) is 0 Å². The van der Waals surface area contributed by atoms with Crippen LogP contribution < -0.4 is 5.32 Å². The second-order valence-electron chi connectivity index (χ2n) is 5.89. The predicted octanol–water partition coefficient (Wildman–Crippen LogP) is 2.79. The van der Waals surface area contributed by atoms with E-state index in [-0.39, 0.29) is 11.1 Å². The molecule has 1 aromatic carbocycles. The van der Waals surface area contributed by atoms with Crippen LogP contribution in [0.4, 0.5) is 13.6 Å². The van der Waals surface area contributed by atoms with Crippen LogP contribution in [0.5, 0.6) is 0 Å². The van der Waals surface area contributed by atoms with Crippen molar-refractivity contribution in [3.63, 3.8) is 0 Å². The highest BCUT2D eigenvalue weighted by atomic mass is 32.2. The highest BCUT2D eigenvalue weighted by molar-refractivity contribution is 7.90. The first kappa shape index (κ1) is 20.9. The van der Waals surface area contributed by atoms with Gasteiger partial charge in [-0.05, 0) is 24.3 Å². The van der Waals surface area contributed by atoms with Gasteiger partial charge in [0.05, 0.1) is 11.1 Å². The molecule has 2 heterocycles. The molecular weight excluding hydrogens is 418 g/mol. The number of aromatic nitrogens is 2. The molecule has 0 radical (unpaired) electrons. The molecule has 1 N–H and O–H groups in total. The smallest absolute Gasteiger partial charge is 0.407 e. The number of nitriles is 1. The van der Waals surface area contributed by atoms with Crippen LogP contribution in [-0.4, -0.2) is 30.5 Å². The van der Waals surface area contributed by atoms with Crippen LogP contribution in [0, 0.1) is 23.1 Å². The van der Waals surface area contributed by atoms with E-state index in [4.69, 9.17) is 4.74 Å². The molecule has 154 valence electrons. The maximum atomic E-state index is 15.2. The number of benzene rings is 1. The highest BCUT2D eigenvalue weighted by Crippen LogP contribution is 2.32. The minimum atomic E-state index is -4.52. The van der Waals surface area contributed by atoms with E-state index in [1.807, 2.05) is 0 Å². The van der Waals surface area contributed by atoms with E-state index < -0.39 is 50.6 Å². The zero-order valence-electron chi connectivity index (χ0n) is 15.5. The highest BCUT2D eigenvalue weighted by Gasteiger charge is 2.30. The number of alkyl carbamates (subject to hydrolysis) is 1. The molecule has 1 amide bonds. The monoisotopic (exact) mass is 432 g/mol. The van der Waals surface area contributed by atoms with Crippen molar-refractivity contribution in [1.82, 2.24) is 14.3 Å². The molecule has 8 nitrogen and oxygen atoms in total. The fourth-order valence-corrected chi connectivity index (χ4v) is 4.25. The van der Waals surface area contributed by atoms with Gasteiger partial charge >= 0.3 is 6.09 Å². The first-order chi connectivity index (χ1) is 14.3. The summed E-state index contributed by atoms with van der Waals surface area (Å²) in [7, 11) is -3.22. The molecule has 0 saturated carbocycles. The number of amides is 1. The Hall–Kier alpha value is -3.78. The maximum Gasteiger partial charge on any atom is 0.407 e. The molecule has 0 aliphatic carbocycles. The summed E-state index contributed by atoms with van der Waals surface area (Å²) in [5.74, 6) is -2.21. The number of hydrogen-bond acceptors (Lipinski definition) is 6. The Morgan fingerprint density at radius 2 is 2.00 bits per heavy atom. The van der Waals surface area contributed by atoms with Crippen LogP contribution >= 0.6 is 0 Å². The fraction of sp³-hybridized carbons (Fsp3) is 0.105. The normalized spacial score (nSPS) is 11.0. The number of carbonyl (C=O) groups is 1. The van der Waals surface area contributed by atoms with E-state index in [2.05, 4.69) is 10.3 Å². The van der Waals surface area contributed by atoms with E-state index in [0.717, 1.165) is 18.5 Å². The third-order valence-electron chi connectivity index (χ3n) is 4.10. The second-order valence-corrected chi connectivity index (χ2v) is 7.68. The van der Waals surface area contributed by atoms with Gasteiger partial charge in [0.1, 0.15) is 23.3 Å². The average Bonchev–Trinajstić information content (AvgIpc) is 3.09. The summed E-state index contributed by atoms with van der Waals surface area (Å²) in [5, 5.41) is 11.4. The minimum absolute atomic E-state index is 0.174. The Balaban J connectivity index is 2.26. The van der Waals surface area contributed by atoms with Gasteiger partial charge in [0.25, 0.3) is 10.0 Å². The number of nitrogens with one attached hydrogen (secondary N) is 1. The summed E-state index contributed by atoms with van der Waals surface area (Å²) in [6.45, 7) is -0.608. The lowest BCUT2D eigenvalue weighted by atomic mass is 10.2. The summed E-state index contributed by atoms with van der Waals surface area (Å²) in [6, 6.07) is 9.56. The van der Waals surface area contributed by atoms with Gasteiger partial charge in [0, 0.05) is 25.0 Å². The van der Waals surface area contributed by atoms with Crippen LogP contribution in [0.15, 0.2) is 53.7 Å². The van der Waals surface area contributed by atoms with Crippen LogP contribution in [0.3, 0.4) is 0 Å². The summed E-state index contributed by atoms with van der Waals surface area (Å²) >= 11 is 0. The standard InChI is InChI=1S/C19H14F2N4O4S/c1-23-19(26)29-11-13-10-25(17(16(13)20)14-6-4-8-24-18(14)21)30(27,28)15-7-3-2-5-12(15)9-22/h2-8,10H,11H2,1H3,(H,23,26). The lowest BCUT2D eigenvalue weighted by molar-refractivity contribution is 0.141. The molecule has 30 heavy (non-hydrogen) atoms. The zero-order chi connectivity index (χ0) is 21.9. The van der Waals surface area contributed by atoms with Crippen molar-refractivity contribution in [1.29, 1.82) is 5.26 Å². The molecule has 2 aromatic heterocycles. The lowest BCUT2D eigenvalue weighted by Gasteiger charge is -2.12. The average molecular weight is 432 g/mol. The van der Waals surface area contributed by atoms with Crippen LogP contribution in [-0.2, 0) is 21.4 Å². The van der Waals surface area contributed by atoms with Gasteiger partial charge in [-0.25, -0.2) is 26.6 Å². The molecule has 3 rings (SSSR count). The van der Waals surface area contributed by atoms with E-state index in [0.29, 0.717) is 3.97 Å². The van der Waals surface area contributed by atoms with Crippen LogP contribution in [0.25, 0.3) is 11.3 Å². The van der Waals surface area contributed by atoms with E-state index in [1.165, 1.54) is 37.4 Å². The third kappa shape index (κ3) is 3.72. The molecule has 0 aliphatic rings. The molecule has 0 saturated heterocycles. The predicted molar refractivity (Wildman–Crippen MR) is 101 cm³/mol. The first-order valence-electron chi connectivity index (χ1n) is 8.41. The van der Waals surface area contributed by atoms with Crippen LogP contribution in [0.1, 0.15) is 11.1 Å². The topological polar surface area (TPSA) is 114 Å². The molecule has 0 unspecified atom stereocenters. The van der Waals surface area contributed by atoms with Crippen molar-refractivity contribution in [2.75, 3.05) is 7.05 Å². The number of nitrogens with zero attached hydrogens (tertiary/aromatic N) is 3. The molecule has 0 bridgehead atoms. The van der Waals surface area contributed by atoms with Gasteiger partial charge in [-0.2, -0.15) is 9.65 Å². The lowest BCUT2D eigenvalue weighted by Crippen LogP contribution is -2.19. The molecule has 0 atom stereocenters. The molecule has 0 spiro atoms. The fourth-order valence-electron chi connectivity index (χ4n) is 2.71. The molecule has 3 aromatic rings. The Labute approximate surface area is 170 Å². The van der Waals surface area contributed by atoms with Gasteiger partial charge < -0.3 is 10.1 Å². The number of hydrogen-bond donors (Lipinski definition) is 1. The molecule has 11 heteroatoms. The van der Waals surface area contributed by atoms with Crippen molar-refractivity contribution >= 4 is 16.1 Å². The number of pyridine rings is 1. The maximum absolute atomic E-state index is 15.2. The minimum Gasteiger partial charge on any atom is -0.445 e. The molecule has 0 aliphatic heterocycles. The SMILES string of the molecule is CNC(=O)OCc1cn(S(=O)(=O)c2ccccc2C#N)c(-c2cccnc2F)c1F. The van der Waals surface area contributed by atoms with Gasteiger partial charge in [0.2, 0.25) is 5.95 Å². The zero-order valence-corrected chi connectivity index (χ0v) is 16.3. The summed E-state index contributed by atoms with van der Waals surface area (Å²) in [4.78, 5) is 14.4. The number of halogens is 2. The van der Waals surface area contributed by atoms with Crippen molar-refractivity contribution in [3.8, 4) is 17.3 Å². The van der Waals surface area contributed by atoms with Gasteiger partial charge in [-0.15, -0.1) is 0 Å². The van der Waals surface area contributed by atoms with Crippen molar-refractivity contribution in [2.45, 2.75) is 11.5 Å². The first-order valence-corrected chi connectivity index (χ1v) is 9.85. The Morgan fingerprint density at radius 1 is 1.27 bits per heavy atom. The second kappa shape index (κ2) is 8.30. The molecule has 0 fully saturated rings. The summed E-state index contributed by atoms with van der Waals surface area (Å²) < 4.78 is 61.3. The largest absolute Gasteiger partial charge is 0.445 e. The quantitative estimate of drug-likeness (QED) is 0.620. The van der Waals surface area contributed by atoms with Crippen LogP contribution in [0.2, 0.25) is 0 Å². The Bertz CT molecular complexity index is 1270. The Morgan fingerprint density at radius 3 is 2.67 bits per heavy atom. The van der Waals surface area contributed by atoms with Crippen molar-refractivity contribution in [3.05, 3.63) is 71.7 Å². The summed E-state index contributed by atoms with van der Waals surface area (Å²) in [5.41, 5.74) is -1.54. The number of rotatable bonds is 5. The summed E-state index contributed by atoms with van der Waals surface area (Å²) in [6.07, 6.45) is 1.14. The van der Waals surface area contributed by atoms with Gasteiger partial charge in [0.15, 0.2) is 5.82 Å². The Kier molecular flexibility index (Phi) is 5.79.